The topological polar surface area (TPSA) is 89.6 Å². The number of amides is 2. The molecule has 1 aromatic heterocycles. The minimum absolute atomic E-state index is 0.200. The zero-order chi connectivity index (χ0) is 22.1. The maximum Gasteiger partial charge on any atom is 0.248 e. The summed E-state index contributed by atoms with van der Waals surface area (Å²) < 4.78 is 12.1. The van der Waals surface area contributed by atoms with Crippen LogP contribution in [0.2, 0.25) is 0 Å². The fourth-order valence-electron chi connectivity index (χ4n) is 3.71. The summed E-state index contributed by atoms with van der Waals surface area (Å²) in [5.41, 5.74) is 1.65. The van der Waals surface area contributed by atoms with E-state index in [1.54, 1.807) is 6.92 Å². The highest BCUT2D eigenvalue weighted by atomic mass is 32.1. The van der Waals surface area contributed by atoms with Crippen molar-refractivity contribution in [2.45, 2.75) is 19.4 Å². The van der Waals surface area contributed by atoms with Crippen LogP contribution in [0.1, 0.15) is 12.5 Å². The molecular weight excluding hydrogens is 426 g/mol. The van der Waals surface area contributed by atoms with Crippen LogP contribution in [-0.2, 0) is 16.0 Å². The molecule has 0 fully saturated rings. The second-order valence-electron chi connectivity index (χ2n) is 7.58. The molecule has 0 radical (unpaired) electrons. The first-order valence-corrected chi connectivity index (χ1v) is 11.2. The lowest BCUT2D eigenvalue weighted by atomic mass is 10.0. The number of thiazole rings is 1. The molecule has 8 heteroatoms. The Balaban J connectivity index is 1.24. The molecule has 162 valence electrons. The molecule has 0 saturated heterocycles. The average Bonchev–Trinajstić information content (AvgIpc) is 3.18. The van der Waals surface area contributed by atoms with Gasteiger partial charge in [0.1, 0.15) is 19.3 Å². The predicted molar refractivity (Wildman–Crippen MR) is 124 cm³/mol. The Morgan fingerprint density at radius 3 is 2.66 bits per heavy atom. The number of fused-ring (bicyclic) bond motifs is 3. The van der Waals surface area contributed by atoms with Crippen molar-refractivity contribution in [1.82, 2.24) is 10.3 Å². The summed E-state index contributed by atoms with van der Waals surface area (Å²) in [5, 5.41) is 8.15. The molecule has 32 heavy (non-hydrogen) atoms. The summed E-state index contributed by atoms with van der Waals surface area (Å²) in [6.45, 7) is 2.67. The third kappa shape index (κ3) is 4.09. The van der Waals surface area contributed by atoms with Crippen molar-refractivity contribution in [1.29, 1.82) is 0 Å². The molecule has 2 heterocycles. The normalized spacial score (nSPS) is 13.7. The molecule has 1 aliphatic rings. The van der Waals surface area contributed by atoms with Crippen LogP contribution in [0.4, 0.5) is 5.13 Å². The van der Waals surface area contributed by atoms with E-state index < -0.39 is 6.04 Å². The van der Waals surface area contributed by atoms with Gasteiger partial charge in [0.2, 0.25) is 11.8 Å². The first kappa shape index (κ1) is 20.3. The van der Waals surface area contributed by atoms with Gasteiger partial charge in [0.05, 0.1) is 16.6 Å². The molecule has 2 N–H and O–H groups in total. The second kappa shape index (κ2) is 8.47. The number of aromatic nitrogens is 1. The minimum atomic E-state index is -0.704. The van der Waals surface area contributed by atoms with Gasteiger partial charge in [-0.2, -0.15) is 0 Å². The number of anilines is 1. The number of ether oxygens (including phenoxy) is 2. The summed E-state index contributed by atoms with van der Waals surface area (Å²) >= 11 is 1.35. The van der Waals surface area contributed by atoms with E-state index in [2.05, 4.69) is 15.6 Å². The van der Waals surface area contributed by atoms with E-state index in [-0.39, 0.29) is 18.2 Å². The molecule has 4 aromatic rings. The van der Waals surface area contributed by atoms with Crippen molar-refractivity contribution in [3.05, 3.63) is 60.2 Å². The van der Waals surface area contributed by atoms with Crippen molar-refractivity contribution in [2.24, 2.45) is 0 Å². The smallest absolute Gasteiger partial charge is 0.248 e. The lowest BCUT2D eigenvalue weighted by Crippen LogP contribution is -2.42. The number of hydrogen-bond donors (Lipinski definition) is 2. The fourth-order valence-corrected chi connectivity index (χ4v) is 4.59. The number of benzene rings is 3. The van der Waals surface area contributed by atoms with Gasteiger partial charge >= 0.3 is 0 Å². The van der Waals surface area contributed by atoms with Crippen molar-refractivity contribution in [3.63, 3.8) is 0 Å². The van der Waals surface area contributed by atoms with E-state index >= 15 is 0 Å². The lowest BCUT2D eigenvalue weighted by molar-refractivity contribution is -0.125. The van der Waals surface area contributed by atoms with Crippen LogP contribution in [0, 0.1) is 0 Å². The summed E-state index contributed by atoms with van der Waals surface area (Å²) in [7, 11) is 0. The van der Waals surface area contributed by atoms with Crippen molar-refractivity contribution < 1.29 is 19.1 Å². The first-order valence-electron chi connectivity index (χ1n) is 10.3. The molecule has 1 unspecified atom stereocenters. The molecule has 2 amide bonds. The zero-order valence-electron chi connectivity index (χ0n) is 17.4. The number of nitrogens with zero attached hydrogens (tertiary/aromatic N) is 1. The highest BCUT2D eigenvalue weighted by Gasteiger charge is 2.19. The number of nitrogens with one attached hydrogen (secondary N) is 2. The average molecular weight is 448 g/mol. The number of rotatable bonds is 5. The Bertz CT molecular complexity index is 1290. The molecule has 0 saturated carbocycles. The monoisotopic (exact) mass is 447 g/mol. The van der Waals surface area contributed by atoms with E-state index in [0.717, 1.165) is 26.6 Å². The maximum absolute atomic E-state index is 12.6. The van der Waals surface area contributed by atoms with E-state index in [4.69, 9.17) is 9.47 Å². The van der Waals surface area contributed by atoms with Crippen LogP contribution in [-0.4, -0.2) is 36.1 Å². The van der Waals surface area contributed by atoms with Crippen LogP contribution >= 0.6 is 11.3 Å². The van der Waals surface area contributed by atoms with Gasteiger partial charge in [-0.05, 0) is 23.3 Å². The number of carbonyl (C=O) groups excluding carboxylic acids is 2. The van der Waals surface area contributed by atoms with Crippen molar-refractivity contribution in [2.75, 3.05) is 18.5 Å². The van der Waals surface area contributed by atoms with Crippen LogP contribution in [0.5, 0.6) is 11.5 Å². The van der Waals surface area contributed by atoms with E-state index in [9.17, 15) is 9.59 Å². The minimum Gasteiger partial charge on any atom is -0.486 e. The van der Waals surface area contributed by atoms with Gasteiger partial charge in [0.15, 0.2) is 16.6 Å². The summed E-state index contributed by atoms with van der Waals surface area (Å²) in [6.07, 6.45) is 0.200. The van der Waals surface area contributed by atoms with Crippen molar-refractivity contribution in [3.8, 4) is 11.5 Å². The van der Waals surface area contributed by atoms with Crippen LogP contribution in [0.15, 0.2) is 54.6 Å². The summed E-state index contributed by atoms with van der Waals surface area (Å²) in [4.78, 5) is 29.7. The number of carbonyl (C=O) groups is 2. The summed E-state index contributed by atoms with van der Waals surface area (Å²) in [6, 6.07) is 16.8. The first-order chi connectivity index (χ1) is 15.6. The largest absolute Gasteiger partial charge is 0.486 e. The van der Waals surface area contributed by atoms with Crippen molar-refractivity contribution >= 4 is 49.3 Å². The Morgan fingerprint density at radius 2 is 1.81 bits per heavy atom. The molecule has 7 nitrogen and oxygen atoms in total. The van der Waals surface area contributed by atoms with Gasteiger partial charge in [-0.3, -0.25) is 9.59 Å². The molecule has 1 atom stereocenters. The molecule has 1 aliphatic heterocycles. The lowest BCUT2D eigenvalue weighted by Gasteiger charge is -2.17. The molecule has 0 spiro atoms. The van der Waals surface area contributed by atoms with Crippen LogP contribution < -0.4 is 20.1 Å². The van der Waals surface area contributed by atoms with E-state index in [1.807, 2.05) is 54.6 Å². The number of hydrogen-bond acceptors (Lipinski definition) is 6. The third-order valence-electron chi connectivity index (χ3n) is 5.28. The Kier molecular flexibility index (Phi) is 5.36. The molecular formula is C24H21N3O4S. The van der Waals surface area contributed by atoms with Gasteiger partial charge < -0.3 is 20.1 Å². The quantitative estimate of drug-likeness (QED) is 0.484. The van der Waals surface area contributed by atoms with E-state index in [1.165, 1.54) is 11.3 Å². The zero-order valence-corrected chi connectivity index (χ0v) is 18.2. The third-order valence-corrected chi connectivity index (χ3v) is 6.22. The van der Waals surface area contributed by atoms with Crippen LogP contribution in [0.3, 0.4) is 0 Å². The maximum atomic E-state index is 12.6. The Hall–Kier alpha value is -3.65. The summed E-state index contributed by atoms with van der Waals surface area (Å²) in [5.74, 6) is 0.795. The Labute approximate surface area is 188 Å². The van der Waals surface area contributed by atoms with Gasteiger partial charge in [0, 0.05) is 12.1 Å². The highest BCUT2D eigenvalue weighted by molar-refractivity contribution is 7.22. The molecule has 0 aliphatic carbocycles. The van der Waals surface area contributed by atoms with Gasteiger partial charge in [0.25, 0.3) is 0 Å². The molecule has 5 rings (SSSR count). The Morgan fingerprint density at radius 1 is 1.06 bits per heavy atom. The molecule has 0 bridgehead atoms. The predicted octanol–water partition coefficient (Wildman–Crippen LogP) is 3.91. The van der Waals surface area contributed by atoms with Gasteiger partial charge in [-0.1, -0.05) is 53.8 Å². The van der Waals surface area contributed by atoms with Gasteiger partial charge in [-0.15, -0.1) is 0 Å². The second-order valence-corrected chi connectivity index (χ2v) is 8.61. The molecule has 3 aromatic carbocycles. The van der Waals surface area contributed by atoms with E-state index in [0.29, 0.717) is 29.8 Å². The fraction of sp³-hybridized carbons (Fsp3) is 0.208. The van der Waals surface area contributed by atoms with Crippen LogP contribution in [0.25, 0.3) is 21.0 Å². The van der Waals surface area contributed by atoms with Gasteiger partial charge in [-0.25, -0.2) is 4.98 Å². The standard InChI is InChI=1S/C24H21N3O4S/c1-14(25-22(28)11-16-7-4-6-15-5-2-3-8-17(15)16)23(29)27-24-26-18-12-19-20(13-21(18)32-24)31-10-9-30-19/h2-8,12-14H,9-11H2,1H3,(H,25,28)(H,26,27,29). The SMILES string of the molecule is CC(NC(=O)Cc1cccc2ccccc12)C(=O)Nc1nc2cc3c(cc2s1)OCCO3. The highest BCUT2D eigenvalue weighted by Crippen LogP contribution is 2.37.